The molecule has 1 saturated heterocycles. The minimum Gasteiger partial charge on any atom is -0.296 e. The summed E-state index contributed by atoms with van der Waals surface area (Å²) in [6.45, 7) is 8.68. The summed E-state index contributed by atoms with van der Waals surface area (Å²) in [6.07, 6.45) is 3.49. The molecule has 1 N–H and O–H groups in total. The van der Waals surface area contributed by atoms with Crippen molar-refractivity contribution >= 4 is 15.9 Å². The highest BCUT2D eigenvalue weighted by molar-refractivity contribution is 7.90. The van der Waals surface area contributed by atoms with Crippen LogP contribution in [0.25, 0.3) is 0 Å². The highest BCUT2D eigenvalue weighted by atomic mass is 32.2. The largest absolute Gasteiger partial charge is 0.296 e. The lowest BCUT2D eigenvalue weighted by Gasteiger charge is -2.37. The fourth-order valence-electron chi connectivity index (χ4n) is 6.15. The summed E-state index contributed by atoms with van der Waals surface area (Å²) in [5.74, 6) is 0.171. The molecule has 1 aliphatic heterocycles. The Bertz CT molecular complexity index is 901. The molecule has 2 bridgehead atoms. The maximum Gasteiger partial charge on any atom is 0.256 e. The molecule has 2 saturated carbocycles. The van der Waals surface area contributed by atoms with Crippen molar-refractivity contribution in [3.05, 3.63) is 35.9 Å². The monoisotopic (exact) mass is 434 g/mol. The van der Waals surface area contributed by atoms with Crippen LogP contribution in [0.15, 0.2) is 30.3 Å². The summed E-state index contributed by atoms with van der Waals surface area (Å²) < 4.78 is 27.7. The van der Waals surface area contributed by atoms with Crippen LogP contribution in [-0.4, -0.2) is 36.5 Å². The standard InChI is InChI=1S/C23H34N2O4S/c1-5-16(2)20(24-29-14-17-9-7-6-8-10-17)21(26)25-19-13-18-11-12-23(19,22(18,3)4)15-30(25,27)28/h6-10,16,18-20,24H,5,11-15H2,1-4H3/t16?,18-,19-,20-,23-/m0/s1. The highest BCUT2D eigenvalue weighted by Crippen LogP contribution is 2.70. The Kier molecular flexibility index (Phi) is 5.52. The number of amides is 1. The Morgan fingerprint density at radius 1 is 1.30 bits per heavy atom. The van der Waals surface area contributed by atoms with Gasteiger partial charge >= 0.3 is 0 Å². The van der Waals surface area contributed by atoms with Crippen molar-refractivity contribution in [2.24, 2.45) is 22.7 Å². The number of nitrogens with one attached hydrogen (secondary N) is 1. The van der Waals surface area contributed by atoms with Gasteiger partial charge in [0.1, 0.15) is 6.04 Å². The van der Waals surface area contributed by atoms with E-state index in [1.807, 2.05) is 44.2 Å². The Morgan fingerprint density at radius 3 is 2.63 bits per heavy atom. The number of nitrogens with zero attached hydrogens (tertiary/aromatic N) is 1. The van der Waals surface area contributed by atoms with Crippen molar-refractivity contribution in [1.82, 2.24) is 9.79 Å². The molecule has 6 nitrogen and oxygen atoms in total. The smallest absolute Gasteiger partial charge is 0.256 e. The quantitative estimate of drug-likeness (QED) is 0.665. The Labute approximate surface area is 180 Å². The zero-order valence-corrected chi connectivity index (χ0v) is 19.2. The zero-order chi connectivity index (χ0) is 21.7. The maximum absolute atomic E-state index is 13.6. The van der Waals surface area contributed by atoms with Crippen molar-refractivity contribution in [1.29, 1.82) is 0 Å². The van der Waals surface area contributed by atoms with Crippen LogP contribution in [0.5, 0.6) is 0 Å². The van der Waals surface area contributed by atoms with Crippen LogP contribution in [0.2, 0.25) is 0 Å². The summed E-state index contributed by atoms with van der Waals surface area (Å²) in [4.78, 5) is 19.3. The predicted octanol–water partition coefficient (Wildman–Crippen LogP) is 3.49. The molecule has 30 heavy (non-hydrogen) atoms. The number of benzene rings is 1. The van der Waals surface area contributed by atoms with E-state index >= 15 is 0 Å². The Balaban J connectivity index is 1.55. The van der Waals surface area contributed by atoms with E-state index in [-0.39, 0.29) is 34.4 Å². The molecule has 0 aromatic heterocycles. The van der Waals surface area contributed by atoms with Crippen molar-refractivity contribution in [2.75, 3.05) is 5.75 Å². The molecule has 166 valence electrons. The van der Waals surface area contributed by atoms with Crippen LogP contribution in [0, 0.1) is 22.7 Å². The van der Waals surface area contributed by atoms with E-state index in [4.69, 9.17) is 4.84 Å². The number of fused-ring (bicyclic) bond motifs is 1. The van der Waals surface area contributed by atoms with E-state index in [0.29, 0.717) is 12.5 Å². The lowest BCUT2D eigenvalue weighted by Crippen LogP contribution is -2.53. The summed E-state index contributed by atoms with van der Waals surface area (Å²) in [6, 6.07) is 8.80. The molecule has 4 rings (SSSR count). The average Bonchev–Trinajstić information content (AvgIpc) is 3.19. The van der Waals surface area contributed by atoms with Gasteiger partial charge in [0.2, 0.25) is 10.0 Å². The van der Waals surface area contributed by atoms with Crippen molar-refractivity contribution < 1.29 is 18.0 Å². The highest BCUT2D eigenvalue weighted by Gasteiger charge is 2.72. The zero-order valence-electron chi connectivity index (χ0n) is 18.4. The molecule has 1 spiro atoms. The molecule has 1 aromatic rings. The van der Waals surface area contributed by atoms with E-state index in [1.54, 1.807) is 0 Å². The van der Waals surface area contributed by atoms with Crippen LogP contribution < -0.4 is 5.48 Å². The molecule has 7 heteroatoms. The Morgan fingerprint density at radius 2 is 2.00 bits per heavy atom. The summed E-state index contributed by atoms with van der Waals surface area (Å²) in [7, 11) is -3.64. The van der Waals surface area contributed by atoms with Gasteiger partial charge in [-0.05, 0) is 42.1 Å². The minimum atomic E-state index is -3.64. The third-order valence-electron chi connectivity index (χ3n) is 8.40. The van der Waals surface area contributed by atoms with E-state index in [0.717, 1.165) is 31.2 Å². The fourth-order valence-corrected chi connectivity index (χ4v) is 8.71. The summed E-state index contributed by atoms with van der Waals surface area (Å²) in [5.41, 5.74) is 3.55. The van der Waals surface area contributed by atoms with E-state index in [2.05, 4.69) is 19.3 Å². The van der Waals surface area contributed by atoms with Gasteiger partial charge in [0, 0.05) is 5.41 Å². The topological polar surface area (TPSA) is 75.7 Å². The fraction of sp³-hybridized carbons (Fsp3) is 0.696. The number of carbonyl (C=O) groups excluding carboxylic acids is 1. The van der Waals surface area contributed by atoms with Crippen LogP contribution in [0.4, 0.5) is 0 Å². The third kappa shape index (κ3) is 3.21. The second-order valence-electron chi connectivity index (χ2n) is 10.0. The average molecular weight is 435 g/mol. The number of hydroxylamine groups is 1. The van der Waals surface area contributed by atoms with Crippen molar-refractivity contribution in [3.8, 4) is 0 Å². The van der Waals surface area contributed by atoms with Gasteiger partial charge in [-0.15, -0.1) is 0 Å². The Hall–Kier alpha value is -1.44. The van der Waals surface area contributed by atoms with Gasteiger partial charge in [0.25, 0.3) is 5.91 Å². The van der Waals surface area contributed by atoms with Gasteiger partial charge in [0.05, 0.1) is 18.4 Å². The van der Waals surface area contributed by atoms with E-state index in [9.17, 15) is 13.2 Å². The van der Waals surface area contributed by atoms with Gasteiger partial charge < -0.3 is 0 Å². The number of hydrogen-bond donors (Lipinski definition) is 1. The van der Waals surface area contributed by atoms with Crippen LogP contribution in [0.1, 0.15) is 58.9 Å². The molecule has 5 atom stereocenters. The molecule has 1 aromatic carbocycles. The molecule has 3 fully saturated rings. The van der Waals surface area contributed by atoms with Crippen molar-refractivity contribution in [3.63, 3.8) is 0 Å². The second-order valence-corrected chi connectivity index (χ2v) is 11.9. The van der Waals surface area contributed by atoms with Crippen LogP contribution in [0.3, 0.4) is 0 Å². The summed E-state index contributed by atoms with van der Waals surface area (Å²) >= 11 is 0. The first-order valence-corrected chi connectivity index (χ1v) is 12.7. The lowest BCUT2D eigenvalue weighted by atomic mass is 9.69. The van der Waals surface area contributed by atoms with Gasteiger partial charge in [-0.3, -0.25) is 9.63 Å². The van der Waals surface area contributed by atoms with E-state index < -0.39 is 16.1 Å². The number of carbonyl (C=O) groups is 1. The SMILES string of the molecule is CCC(C)[C@H](NOCc1ccccc1)C(=O)N1[C@H]2C[C@@H]3CC[C@@]2(CS1(=O)=O)C3(C)C. The predicted molar refractivity (Wildman–Crippen MR) is 116 cm³/mol. The number of hydrogen-bond acceptors (Lipinski definition) is 5. The van der Waals surface area contributed by atoms with Gasteiger partial charge in [-0.2, -0.15) is 5.48 Å². The number of sulfonamides is 1. The maximum atomic E-state index is 13.6. The molecule has 2 aliphatic carbocycles. The normalized spacial score (nSPS) is 32.7. The third-order valence-corrected chi connectivity index (χ3v) is 10.3. The molecular formula is C23H34N2O4S. The first-order chi connectivity index (χ1) is 14.1. The molecule has 1 amide bonds. The minimum absolute atomic E-state index is 0.0494. The van der Waals surface area contributed by atoms with Crippen LogP contribution in [-0.2, 0) is 26.3 Å². The first-order valence-electron chi connectivity index (χ1n) is 11.1. The molecule has 3 aliphatic rings. The van der Waals surface area contributed by atoms with Gasteiger partial charge in [0.15, 0.2) is 0 Å². The van der Waals surface area contributed by atoms with Crippen molar-refractivity contribution in [2.45, 2.75) is 72.1 Å². The van der Waals surface area contributed by atoms with Crippen LogP contribution >= 0.6 is 0 Å². The van der Waals surface area contributed by atoms with Gasteiger partial charge in [-0.25, -0.2) is 12.7 Å². The lowest BCUT2D eigenvalue weighted by molar-refractivity contribution is -0.138. The second kappa shape index (κ2) is 7.61. The molecular weight excluding hydrogens is 400 g/mol. The number of rotatable bonds is 7. The molecule has 0 radical (unpaired) electrons. The summed E-state index contributed by atoms with van der Waals surface area (Å²) in [5, 5.41) is 0. The van der Waals surface area contributed by atoms with E-state index in [1.165, 1.54) is 4.31 Å². The molecule has 1 unspecified atom stereocenters. The van der Waals surface area contributed by atoms with Gasteiger partial charge in [-0.1, -0.05) is 64.4 Å². The first kappa shape index (κ1) is 21.8. The molecule has 1 heterocycles.